The van der Waals surface area contributed by atoms with Crippen LogP contribution in [0.4, 0.5) is 13.2 Å². The van der Waals surface area contributed by atoms with Gasteiger partial charge in [-0.1, -0.05) is 29.8 Å². The molecule has 27 heavy (non-hydrogen) atoms. The fourth-order valence-electron chi connectivity index (χ4n) is 2.37. The van der Waals surface area contributed by atoms with E-state index in [1.54, 1.807) is 44.2 Å². The minimum absolute atomic E-state index is 0.168. The maximum atomic E-state index is 13.1. The smallest absolute Gasteiger partial charge is 0.358 e. The Kier molecular flexibility index (Phi) is 4.73. The Morgan fingerprint density at radius 2 is 1.63 bits per heavy atom. The molecule has 0 atom stereocenters. The number of aryl methyl sites for hydroxylation is 2. The molecule has 142 valence electrons. The Hall–Kier alpha value is -2.81. The van der Waals surface area contributed by atoms with Crippen LogP contribution in [0, 0.1) is 13.8 Å². The van der Waals surface area contributed by atoms with Gasteiger partial charge in [0.2, 0.25) is 5.88 Å². The van der Waals surface area contributed by atoms with Crippen LogP contribution < -0.4 is 4.18 Å². The molecular formula is C18H15F3N2O3S. The lowest BCUT2D eigenvalue weighted by atomic mass is 10.2. The average molecular weight is 396 g/mol. The van der Waals surface area contributed by atoms with E-state index in [4.69, 9.17) is 4.18 Å². The molecule has 1 heterocycles. The van der Waals surface area contributed by atoms with E-state index in [1.807, 2.05) is 0 Å². The van der Waals surface area contributed by atoms with Gasteiger partial charge < -0.3 is 4.18 Å². The molecule has 0 aliphatic carbocycles. The summed E-state index contributed by atoms with van der Waals surface area (Å²) < 4.78 is 70.1. The Morgan fingerprint density at radius 1 is 0.963 bits per heavy atom. The number of benzene rings is 2. The van der Waals surface area contributed by atoms with Crippen LogP contribution >= 0.6 is 0 Å². The summed E-state index contributed by atoms with van der Waals surface area (Å²) in [4.78, 5) is -0.168. The molecule has 0 radical (unpaired) electrons. The molecule has 0 spiro atoms. The zero-order valence-electron chi connectivity index (χ0n) is 14.4. The maximum absolute atomic E-state index is 13.1. The molecule has 0 N–H and O–H groups in total. The number of nitrogens with zero attached hydrogens (tertiary/aromatic N) is 2. The monoisotopic (exact) mass is 396 g/mol. The first-order chi connectivity index (χ1) is 12.6. The summed E-state index contributed by atoms with van der Waals surface area (Å²) in [5.74, 6) is -0.548. The summed E-state index contributed by atoms with van der Waals surface area (Å²) >= 11 is 0. The zero-order chi connectivity index (χ0) is 19.8. The molecule has 0 aliphatic rings. The largest absolute Gasteiger partial charge is 0.435 e. The van der Waals surface area contributed by atoms with E-state index in [0.717, 1.165) is 15.8 Å². The lowest BCUT2D eigenvalue weighted by Crippen LogP contribution is -2.12. The van der Waals surface area contributed by atoms with Crippen molar-refractivity contribution in [3.8, 4) is 11.6 Å². The standard InChI is InChI=1S/C18H15F3N2O3S/c1-12-6-8-15(9-7-12)27(24,25)26-17-11-16(18(19,20)21)22-23(17)14-5-3-4-13(2)10-14/h3-11H,1-2H3. The van der Waals surface area contributed by atoms with Crippen molar-refractivity contribution in [3.05, 3.63) is 71.4 Å². The molecule has 0 amide bonds. The SMILES string of the molecule is Cc1ccc(S(=O)(=O)Oc2cc(C(F)(F)F)nn2-c2cccc(C)c2)cc1. The zero-order valence-corrected chi connectivity index (χ0v) is 15.2. The average Bonchev–Trinajstić information content (AvgIpc) is 2.98. The van der Waals surface area contributed by atoms with Crippen LogP contribution in [0.5, 0.6) is 5.88 Å². The van der Waals surface area contributed by atoms with E-state index in [0.29, 0.717) is 6.07 Å². The van der Waals surface area contributed by atoms with Gasteiger partial charge in [-0.05, 0) is 43.7 Å². The van der Waals surface area contributed by atoms with Crippen LogP contribution in [0.2, 0.25) is 0 Å². The van der Waals surface area contributed by atoms with E-state index >= 15 is 0 Å². The topological polar surface area (TPSA) is 61.2 Å². The fraction of sp³-hybridized carbons (Fsp3) is 0.167. The van der Waals surface area contributed by atoms with Crippen molar-refractivity contribution in [1.29, 1.82) is 0 Å². The highest BCUT2D eigenvalue weighted by Gasteiger charge is 2.36. The van der Waals surface area contributed by atoms with Gasteiger partial charge in [-0.2, -0.15) is 31.4 Å². The lowest BCUT2D eigenvalue weighted by molar-refractivity contribution is -0.141. The van der Waals surface area contributed by atoms with Crippen molar-refractivity contribution in [1.82, 2.24) is 9.78 Å². The first-order valence-corrected chi connectivity index (χ1v) is 9.22. The highest BCUT2D eigenvalue weighted by Crippen LogP contribution is 2.33. The Labute approximate surface area is 154 Å². The molecule has 9 heteroatoms. The first kappa shape index (κ1) is 19.0. The Morgan fingerprint density at radius 3 is 2.22 bits per heavy atom. The number of rotatable bonds is 4. The summed E-state index contributed by atoms with van der Waals surface area (Å²) in [6, 6.07) is 12.8. The minimum Gasteiger partial charge on any atom is -0.358 e. The molecule has 0 saturated carbocycles. The third-order valence-electron chi connectivity index (χ3n) is 3.72. The molecule has 3 aromatic rings. The van der Waals surface area contributed by atoms with E-state index in [2.05, 4.69) is 5.10 Å². The first-order valence-electron chi connectivity index (χ1n) is 7.82. The molecule has 0 aliphatic heterocycles. The van der Waals surface area contributed by atoms with Gasteiger partial charge in [0.25, 0.3) is 0 Å². The minimum atomic E-state index is -4.75. The van der Waals surface area contributed by atoms with E-state index in [9.17, 15) is 21.6 Å². The van der Waals surface area contributed by atoms with Crippen molar-refractivity contribution in [2.24, 2.45) is 0 Å². The van der Waals surface area contributed by atoms with Crippen LogP contribution in [-0.4, -0.2) is 18.2 Å². The van der Waals surface area contributed by atoms with Crippen LogP contribution in [-0.2, 0) is 16.3 Å². The molecule has 5 nitrogen and oxygen atoms in total. The van der Waals surface area contributed by atoms with Crippen LogP contribution in [0.3, 0.4) is 0 Å². The van der Waals surface area contributed by atoms with Crippen LogP contribution in [0.25, 0.3) is 5.69 Å². The van der Waals surface area contributed by atoms with Crippen LogP contribution in [0.15, 0.2) is 59.5 Å². The van der Waals surface area contributed by atoms with E-state index < -0.39 is 27.9 Å². The summed E-state index contributed by atoms with van der Waals surface area (Å²) in [6.07, 6.45) is -4.75. The quantitative estimate of drug-likeness (QED) is 0.618. The third-order valence-corrected chi connectivity index (χ3v) is 4.96. The highest BCUT2D eigenvalue weighted by atomic mass is 32.2. The van der Waals surface area contributed by atoms with Crippen molar-refractivity contribution < 1.29 is 25.8 Å². The fourth-order valence-corrected chi connectivity index (χ4v) is 3.28. The number of alkyl halides is 3. The number of hydrogen-bond acceptors (Lipinski definition) is 4. The second-order valence-corrected chi connectivity index (χ2v) is 7.51. The summed E-state index contributed by atoms with van der Waals surface area (Å²) in [7, 11) is -4.33. The van der Waals surface area contributed by atoms with Crippen molar-refractivity contribution in [2.75, 3.05) is 0 Å². The van der Waals surface area contributed by atoms with Gasteiger partial charge in [0.1, 0.15) is 4.90 Å². The predicted octanol–water partition coefficient (Wildman–Crippen LogP) is 4.28. The van der Waals surface area contributed by atoms with Crippen molar-refractivity contribution in [2.45, 2.75) is 24.9 Å². The molecule has 0 saturated heterocycles. The van der Waals surface area contributed by atoms with Gasteiger partial charge in [-0.3, -0.25) is 0 Å². The van der Waals surface area contributed by atoms with Crippen molar-refractivity contribution in [3.63, 3.8) is 0 Å². The molecule has 1 aromatic heterocycles. The number of halogens is 3. The molecule has 2 aromatic carbocycles. The van der Waals surface area contributed by atoms with E-state index in [-0.39, 0.29) is 10.6 Å². The maximum Gasteiger partial charge on any atom is 0.435 e. The highest BCUT2D eigenvalue weighted by molar-refractivity contribution is 7.87. The van der Waals surface area contributed by atoms with Gasteiger partial charge in [-0.25, -0.2) is 0 Å². The second kappa shape index (κ2) is 6.73. The van der Waals surface area contributed by atoms with Gasteiger partial charge in [0.05, 0.1) is 5.69 Å². The van der Waals surface area contributed by atoms with Crippen LogP contribution in [0.1, 0.15) is 16.8 Å². The van der Waals surface area contributed by atoms with Gasteiger partial charge >= 0.3 is 16.3 Å². The van der Waals surface area contributed by atoms with Gasteiger partial charge in [0, 0.05) is 6.07 Å². The van der Waals surface area contributed by atoms with Gasteiger partial charge in [0.15, 0.2) is 5.69 Å². The summed E-state index contributed by atoms with van der Waals surface area (Å²) in [6.45, 7) is 3.53. The number of hydrogen-bond donors (Lipinski definition) is 0. The molecule has 0 bridgehead atoms. The molecular weight excluding hydrogens is 381 g/mol. The normalized spacial score (nSPS) is 12.2. The lowest BCUT2D eigenvalue weighted by Gasteiger charge is -2.10. The number of aromatic nitrogens is 2. The molecule has 0 unspecified atom stereocenters. The predicted molar refractivity (Wildman–Crippen MR) is 92.3 cm³/mol. The summed E-state index contributed by atoms with van der Waals surface area (Å²) in [5, 5.41) is 3.49. The molecule has 0 fully saturated rings. The summed E-state index contributed by atoms with van der Waals surface area (Å²) in [5.41, 5.74) is 0.597. The second-order valence-electron chi connectivity index (χ2n) is 5.97. The van der Waals surface area contributed by atoms with E-state index in [1.165, 1.54) is 18.2 Å². The third kappa shape index (κ3) is 4.13. The van der Waals surface area contributed by atoms with Gasteiger partial charge in [-0.15, -0.1) is 0 Å². The Balaban J connectivity index is 2.08. The Bertz CT molecular complexity index is 1070. The molecule has 3 rings (SSSR count). The van der Waals surface area contributed by atoms with Crippen molar-refractivity contribution >= 4 is 10.1 Å².